The maximum atomic E-state index is 3.48. The van der Waals surface area contributed by atoms with Crippen LogP contribution in [0.15, 0.2) is 57.7 Å². The first-order valence-electron chi connectivity index (χ1n) is 5.77. The van der Waals surface area contributed by atoms with Gasteiger partial charge in [-0.25, -0.2) is 12.2 Å². The second-order valence-electron chi connectivity index (χ2n) is 4.12. The third kappa shape index (κ3) is 5.11. The minimum atomic E-state index is 0. The average Bonchev–Trinajstić information content (AvgIpc) is 3.07. The summed E-state index contributed by atoms with van der Waals surface area (Å²) in [5.74, 6) is 0. The van der Waals surface area contributed by atoms with Gasteiger partial charge in [0.25, 0.3) is 0 Å². The van der Waals surface area contributed by atoms with Crippen LogP contribution in [0.2, 0.25) is 0 Å². The Morgan fingerprint density at radius 3 is 2.62 bits per heavy atom. The summed E-state index contributed by atoms with van der Waals surface area (Å²) in [6, 6.07) is 8.68. The Kier molecular flexibility index (Phi) is 10.2. The zero-order chi connectivity index (χ0) is 12.4. The summed E-state index contributed by atoms with van der Waals surface area (Å²) < 4.78 is 1.15. The van der Waals surface area contributed by atoms with E-state index >= 15 is 0 Å². The molecule has 0 fully saturated rings. The van der Waals surface area contributed by atoms with Crippen molar-refractivity contribution in [2.24, 2.45) is 0 Å². The van der Waals surface area contributed by atoms with Crippen molar-refractivity contribution in [3.8, 4) is 11.1 Å². The van der Waals surface area contributed by atoms with Gasteiger partial charge in [0.2, 0.25) is 0 Å². The van der Waals surface area contributed by atoms with Crippen LogP contribution in [-0.2, 0) is 26.2 Å². The topological polar surface area (TPSA) is 0 Å². The predicted molar refractivity (Wildman–Crippen MR) is 83.3 cm³/mol. The zero-order valence-electron chi connectivity index (χ0n) is 10.9. The fraction of sp³-hybridized carbons (Fsp3) is 0.0625. The second-order valence-corrected chi connectivity index (χ2v) is 5.78. The van der Waals surface area contributed by atoms with E-state index in [2.05, 4.69) is 63.1 Å². The summed E-state index contributed by atoms with van der Waals surface area (Å²) >= 11 is 5.25. The van der Waals surface area contributed by atoms with E-state index in [0.717, 1.165) is 10.9 Å². The van der Waals surface area contributed by atoms with Crippen molar-refractivity contribution in [2.75, 3.05) is 0 Å². The second kappa shape index (κ2) is 10.1. The number of rotatable bonds is 0. The maximum Gasteiger partial charge on any atom is 4.00 e. The molecule has 106 valence electrons. The first-order chi connectivity index (χ1) is 8.84. The third-order valence-electron chi connectivity index (χ3n) is 2.89. The molecule has 0 bridgehead atoms. The minimum absolute atomic E-state index is 0. The number of halogens is 3. The number of benzene rings is 1. The Morgan fingerprint density at radius 1 is 1.19 bits per heavy atom. The summed E-state index contributed by atoms with van der Waals surface area (Å²) in [4.78, 5) is 0. The third-order valence-corrected chi connectivity index (χ3v) is 4.15. The van der Waals surface area contributed by atoms with Gasteiger partial charge in [0.05, 0.1) is 0 Å². The summed E-state index contributed by atoms with van der Waals surface area (Å²) in [6.45, 7) is 0. The molecular formula is C16H11BrCl2SZr. The molecule has 1 aromatic rings. The molecule has 0 spiro atoms. The molecular weight excluding hydrogens is 466 g/mol. The van der Waals surface area contributed by atoms with E-state index in [-0.39, 0.29) is 51.0 Å². The van der Waals surface area contributed by atoms with Gasteiger partial charge in [-0.1, -0.05) is 44.2 Å². The Morgan fingerprint density at radius 2 is 2.00 bits per heavy atom. The summed E-state index contributed by atoms with van der Waals surface area (Å²) in [6.07, 6.45) is 10.0. The van der Waals surface area contributed by atoms with Crippen molar-refractivity contribution in [1.29, 1.82) is 0 Å². The van der Waals surface area contributed by atoms with E-state index in [9.17, 15) is 0 Å². The Hall–Kier alpha value is 0.213. The molecule has 0 aromatic heterocycles. The zero-order valence-corrected chi connectivity index (χ0v) is 17.3. The molecule has 0 N–H and O–H groups in total. The molecule has 0 amide bonds. The fourth-order valence-corrected chi connectivity index (χ4v) is 3.23. The molecule has 0 atom stereocenters. The number of hydrogen-bond acceptors (Lipinski definition) is 1. The Balaban J connectivity index is 0.000000437. The van der Waals surface area contributed by atoms with E-state index in [1.807, 2.05) is 12.2 Å². The molecule has 0 saturated carbocycles. The van der Waals surface area contributed by atoms with Crippen LogP contribution < -0.4 is 24.8 Å². The molecule has 4 rings (SSSR count). The van der Waals surface area contributed by atoms with Crippen molar-refractivity contribution in [3.05, 3.63) is 63.8 Å². The van der Waals surface area contributed by atoms with Gasteiger partial charge in [-0.05, 0) is 6.07 Å². The fourth-order valence-electron chi connectivity index (χ4n) is 2.04. The van der Waals surface area contributed by atoms with E-state index in [0.29, 0.717) is 0 Å². The normalized spacial score (nSPS) is 11.3. The van der Waals surface area contributed by atoms with Crippen LogP contribution in [0, 0.1) is 6.08 Å². The molecule has 1 aliphatic heterocycles. The predicted octanol–water partition coefficient (Wildman–Crippen LogP) is -0.201. The average molecular weight is 477 g/mol. The van der Waals surface area contributed by atoms with E-state index in [1.54, 1.807) is 11.3 Å². The van der Waals surface area contributed by atoms with E-state index in [4.69, 9.17) is 0 Å². The number of fused-ring (bicyclic) bond motifs is 3. The van der Waals surface area contributed by atoms with Gasteiger partial charge < -0.3 is 24.8 Å². The molecule has 1 aromatic carbocycles. The van der Waals surface area contributed by atoms with Gasteiger partial charge in [0, 0.05) is 4.47 Å². The van der Waals surface area contributed by atoms with Crippen molar-refractivity contribution >= 4 is 38.0 Å². The van der Waals surface area contributed by atoms with Crippen LogP contribution in [0.25, 0.3) is 21.9 Å². The van der Waals surface area contributed by atoms with Crippen molar-refractivity contribution < 1.29 is 51.0 Å². The van der Waals surface area contributed by atoms with Crippen LogP contribution in [0.4, 0.5) is 0 Å². The first kappa shape index (κ1) is 21.2. The van der Waals surface area contributed by atoms with Crippen LogP contribution >= 0.6 is 27.3 Å². The molecule has 2 aliphatic carbocycles. The van der Waals surface area contributed by atoms with Gasteiger partial charge >= 0.3 is 26.2 Å². The maximum absolute atomic E-state index is 3.48. The van der Waals surface area contributed by atoms with Crippen LogP contribution in [-0.4, -0.2) is 0 Å². The van der Waals surface area contributed by atoms with E-state index < -0.39 is 0 Å². The van der Waals surface area contributed by atoms with Crippen LogP contribution in [0.1, 0.15) is 6.42 Å². The van der Waals surface area contributed by atoms with Crippen LogP contribution in [0.3, 0.4) is 0 Å². The largest absolute Gasteiger partial charge is 4.00 e. The standard InChI is InChI=1S/C11H6BrS.C5H5.2ClH.Zr/c12-9-1-2-10-7(4-9)3-8-5-13-6-11(8)10;1-2-4-5-3-1;;;/h1-6H;1-3H,4H2;2*1H;/q2*-1;;;+4/p-2. The monoisotopic (exact) mass is 474 g/mol. The number of allylic oxidation sites excluding steroid dienone is 4. The molecule has 1 heterocycles. The molecule has 21 heavy (non-hydrogen) atoms. The van der Waals surface area contributed by atoms with Gasteiger partial charge in [-0.2, -0.15) is 6.08 Å². The van der Waals surface area contributed by atoms with Crippen molar-refractivity contribution in [1.82, 2.24) is 0 Å². The van der Waals surface area contributed by atoms with Gasteiger partial charge in [-0.3, -0.25) is 17.4 Å². The summed E-state index contributed by atoms with van der Waals surface area (Å²) in [7, 11) is 0. The quantitative estimate of drug-likeness (QED) is 0.394. The van der Waals surface area contributed by atoms with Crippen LogP contribution in [0.5, 0.6) is 0 Å². The minimum Gasteiger partial charge on any atom is -1.00 e. The SMILES string of the molecule is Brc1ccc2c3cs[cH-]c-3cc2c1.[C-]1=CC=CC1.[Cl-].[Cl-].[Zr+4]. The smallest absolute Gasteiger partial charge is 1.00 e. The molecule has 5 heteroatoms. The van der Waals surface area contributed by atoms with Crippen molar-refractivity contribution in [2.45, 2.75) is 6.42 Å². The Labute approximate surface area is 169 Å². The number of hydrogen-bond donors (Lipinski definition) is 0. The summed E-state index contributed by atoms with van der Waals surface area (Å²) in [5.41, 5.74) is 2.74. The van der Waals surface area contributed by atoms with Gasteiger partial charge in [0.15, 0.2) is 0 Å². The van der Waals surface area contributed by atoms with Gasteiger partial charge in [-0.15, -0.1) is 29.0 Å². The summed E-state index contributed by atoms with van der Waals surface area (Å²) in [5, 5.41) is 7.10. The van der Waals surface area contributed by atoms with Gasteiger partial charge in [0.1, 0.15) is 0 Å². The number of thiophene rings is 1. The van der Waals surface area contributed by atoms with E-state index in [1.165, 1.54) is 21.9 Å². The molecule has 0 unspecified atom stereocenters. The molecule has 0 radical (unpaired) electrons. The van der Waals surface area contributed by atoms with Crippen molar-refractivity contribution in [3.63, 3.8) is 0 Å². The first-order valence-corrected chi connectivity index (χ1v) is 7.51. The molecule has 0 saturated heterocycles. The Bertz CT molecular complexity index is 689. The molecule has 0 nitrogen and oxygen atoms in total. The molecule has 3 aliphatic rings.